The van der Waals surface area contributed by atoms with Gasteiger partial charge < -0.3 is 25.0 Å². The van der Waals surface area contributed by atoms with Gasteiger partial charge in [0.2, 0.25) is 5.95 Å². The largest absolute Gasteiger partial charge is 0.480 e. The van der Waals surface area contributed by atoms with Gasteiger partial charge >= 0.3 is 12.1 Å². The maximum Gasteiger partial charge on any atom is 0.415 e. The Kier molecular flexibility index (Phi) is 10.1. The van der Waals surface area contributed by atoms with Gasteiger partial charge in [0.15, 0.2) is 5.82 Å². The van der Waals surface area contributed by atoms with Crippen LogP contribution in [-0.4, -0.2) is 79.7 Å². The summed E-state index contributed by atoms with van der Waals surface area (Å²) in [6.45, 7) is 8.29. The normalized spacial score (nSPS) is 13.8. The molecule has 1 aliphatic rings. The number of carboxylic acids is 1. The van der Waals surface area contributed by atoms with Crippen LogP contribution < -0.4 is 19.3 Å². The predicted octanol–water partition coefficient (Wildman–Crippen LogP) is 4.16. The van der Waals surface area contributed by atoms with E-state index in [1.165, 1.54) is 25.4 Å². The van der Waals surface area contributed by atoms with E-state index in [0.29, 0.717) is 43.4 Å². The lowest BCUT2D eigenvalue weighted by Crippen LogP contribution is -2.35. The molecule has 43 heavy (non-hydrogen) atoms. The number of carbonyl (C=O) groups excluding carboxylic acids is 1. The van der Waals surface area contributed by atoms with E-state index in [1.807, 2.05) is 25.7 Å². The molecule has 230 valence electrons. The molecular weight excluding hydrogens is 572 g/mol. The maximum atomic E-state index is 13.5. The van der Waals surface area contributed by atoms with Crippen LogP contribution in [0, 0.1) is 6.92 Å². The second-order valence-electron chi connectivity index (χ2n) is 10.3. The first-order valence-electron chi connectivity index (χ1n) is 14.3. The molecule has 1 fully saturated rings. The first-order valence-corrected chi connectivity index (χ1v) is 15.7. The number of hydrogen-bond donors (Lipinski definition) is 2. The molecule has 12 nitrogen and oxygen atoms in total. The average Bonchev–Trinajstić information content (AvgIpc) is 3.54. The van der Waals surface area contributed by atoms with Gasteiger partial charge in [-0.05, 0) is 63.4 Å². The molecule has 13 heteroatoms. The Balaban J connectivity index is 1.60. The molecule has 0 saturated carbocycles. The first-order chi connectivity index (χ1) is 20.5. The summed E-state index contributed by atoms with van der Waals surface area (Å²) in [5.74, 6) is -0.378. The van der Waals surface area contributed by atoms with Gasteiger partial charge in [-0.25, -0.2) is 23.0 Å². The molecule has 2 heterocycles. The van der Waals surface area contributed by atoms with Gasteiger partial charge in [0.05, 0.1) is 11.1 Å². The summed E-state index contributed by atoms with van der Waals surface area (Å²) in [5.41, 5.74) is 1.69. The Hall–Kier alpha value is -4.39. The molecule has 2 N–H and O–H groups in total. The van der Waals surface area contributed by atoms with Crippen LogP contribution in [0.3, 0.4) is 0 Å². The van der Waals surface area contributed by atoms with Gasteiger partial charge in [-0.15, -0.1) is 0 Å². The number of sulfonamides is 1. The molecule has 1 aliphatic heterocycles. The summed E-state index contributed by atoms with van der Waals surface area (Å²) in [4.78, 5) is 37.3. The highest BCUT2D eigenvalue weighted by molar-refractivity contribution is 7.92. The molecule has 0 radical (unpaired) electrons. The lowest BCUT2D eigenvalue weighted by molar-refractivity contribution is -0.137. The number of carboxylic acid groups (broad SMARTS) is 1. The van der Waals surface area contributed by atoms with Crippen molar-refractivity contribution < 1.29 is 27.9 Å². The summed E-state index contributed by atoms with van der Waals surface area (Å²) < 4.78 is 33.5. The number of hydrogen-bond acceptors (Lipinski definition) is 9. The highest BCUT2D eigenvalue weighted by Crippen LogP contribution is 2.30. The minimum atomic E-state index is -4.00. The molecule has 1 saturated heterocycles. The molecule has 0 aliphatic carbocycles. The van der Waals surface area contributed by atoms with Crippen LogP contribution >= 0.6 is 0 Å². The van der Waals surface area contributed by atoms with E-state index in [4.69, 9.17) is 4.74 Å². The molecule has 0 spiro atoms. The zero-order valence-electron chi connectivity index (χ0n) is 24.9. The molecule has 1 amide bonds. The standard InChI is InChI=1S/C30H38N6O6S/c1-5-35(6-2)29-31-20-26(34(4)43(40,41)24-15-9-21(3)10-16-24)27(33-29)32-25(28(37)38)19-22-11-13-23(14-12-22)42-30(39)36-17-7-8-18-36/h9-16,20,25H,5-8,17-19H2,1-4H3,(H,37,38)(H,31,32,33)/t25-/m0/s1. The number of amides is 1. The van der Waals surface area contributed by atoms with Crippen LogP contribution in [0.25, 0.3) is 0 Å². The average molecular weight is 611 g/mol. The van der Waals surface area contributed by atoms with Crippen molar-refractivity contribution in [3.8, 4) is 5.75 Å². The number of carbonyl (C=O) groups is 2. The predicted molar refractivity (Wildman–Crippen MR) is 164 cm³/mol. The molecule has 0 unspecified atom stereocenters. The number of benzene rings is 2. The van der Waals surface area contributed by atoms with Gasteiger partial charge in [-0.2, -0.15) is 4.98 Å². The van der Waals surface area contributed by atoms with Crippen molar-refractivity contribution in [2.75, 3.05) is 47.7 Å². The Bertz CT molecular complexity index is 1520. The maximum absolute atomic E-state index is 13.5. The minimum Gasteiger partial charge on any atom is -0.480 e. The number of aryl methyl sites for hydroxylation is 1. The van der Waals surface area contributed by atoms with Gasteiger partial charge in [0, 0.05) is 39.6 Å². The fourth-order valence-electron chi connectivity index (χ4n) is 4.72. The first kappa shape index (κ1) is 31.5. The van der Waals surface area contributed by atoms with Gasteiger partial charge in [0.1, 0.15) is 17.5 Å². The highest BCUT2D eigenvalue weighted by atomic mass is 32.2. The van der Waals surface area contributed by atoms with Crippen LogP contribution in [0.5, 0.6) is 5.75 Å². The van der Waals surface area contributed by atoms with Crippen molar-refractivity contribution in [1.82, 2.24) is 14.9 Å². The molecule has 4 rings (SSSR count). The number of rotatable bonds is 12. The van der Waals surface area contributed by atoms with E-state index in [0.717, 1.165) is 22.7 Å². The zero-order chi connectivity index (χ0) is 31.1. The third-order valence-electron chi connectivity index (χ3n) is 7.36. The Morgan fingerprint density at radius 2 is 1.67 bits per heavy atom. The van der Waals surface area contributed by atoms with Crippen molar-refractivity contribution in [3.05, 3.63) is 65.9 Å². The van der Waals surface area contributed by atoms with Crippen molar-refractivity contribution in [2.24, 2.45) is 0 Å². The van der Waals surface area contributed by atoms with E-state index in [2.05, 4.69) is 15.3 Å². The van der Waals surface area contributed by atoms with Crippen molar-refractivity contribution >= 4 is 39.5 Å². The second-order valence-corrected chi connectivity index (χ2v) is 12.3. The number of nitrogens with zero attached hydrogens (tertiary/aromatic N) is 5. The zero-order valence-corrected chi connectivity index (χ0v) is 25.7. The van der Waals surface area contributed by atoms with Crippen molar-refractivity contribution in [3.63, 3.8) is 0 Å². The fourth-order valence-corrected chi connectivity index (χ4v) is 5.91. The fraction of sp³-hybridized carbons (Fsp3) is 0.400. The molecule has 3 aromatic rings. The summed E-state index contributed by atoms with van der Waals surface area (Å²) in [6.07, 6.45) is 2.94. The molecule has 1 aromatic heterocycles. The Labute approximate surface area is 252 Å². The monoisotopic (exact) mass is 610 g/mol. The van der Waals surface area contributed by atoms with E-state index in [9.17, 15) is 23.1 Å². The topological polar surface area (TPSA) is 145 Å². The van der Waals surface area contributed by atoms with E-state index in [1.54, 1.807) is 41.3 Å². The summed E-state index contributed by atoms with van der Waals surface area (Å²) in [6, 6.07) is 11.9. The number of anilines is 3. The van der Waals surface area contributed by atoms with Crippen molar-refractivity contribution in [1.29, 1.82) is 0 Å². The number of nitrogens with one attached hydrogen (secondary N) is 1. The smallest absolute Gasteiger partial charge is 0.415 e. The van der Waals surface area contributed by atoms with E-state index in [-0.39, 0.29) is 22.8 Å². The number of likely N-dealkylation sites (tertiary alicyclic amines) is 1. The third kappa shape index (κ3) is 7.53. The minimum absolute atomic E-state index is 0.0498. The van der Waals surface area contributed by atoms with Crippen LogP contribution in [0.15, 0.2) is 59.6 Å². The van der Waals surface area contributed by atoms with E-state index >= 15 is 0 Å². The van der Waals surface area contributed by atoms with Crippen LogP contribution in [0.1, 0.15) is 37.8 Å². The van der Waals surface area contributed by atoms with Gasteiger partial charge in [0.25, 0.3) is 10.0 Å². The molecular formula is C30H38N6O6S. The number of aliphatic carboxylic acids is 1. The lowest BCUT2D eigenvalue weighted by atomic mass is 10.1. The quantitative estimate of drug-likeness (QED) is 0.307. The van der Waals surface area contributed by atoms with Crippen LogP contribution in [-0.2, 0) is 21.2 Å². The van der Waals surface area contributed by atoms with Gasteiger partial charge in [-0.1, -0.05) is 29.8 Å². The molecule has 1 atom stereocenters. The van der Waals surface area contributed by atoms with Crippen LogP contribution in [0.4, 0.5) is 22.2 Å². The Morgan fingerprint density at radius 3 is 2.26 bits per heavy atom. The summed E-state index contributed by atoms with van der Waals surface area (Å²) >= 11 is 0. The van der Waals surface area contributed by atoms with Crippen molar-refractivity contribution in [2.45, 2.75) is 51.0 Å². The lowest BCUT2D eigenvalue weighted by Gasteiger charge is -2.26. The number of ether oxygens (including phenoxy) is 1. The molecule has 0 bridgehead atoms. The van der Waals surface area contributed by atoms with Gasteiger partial charge in [-0.3, -0.25) is 4.31 Å². The SMILES string of the molecule is CCN(CC)c1ncc(N(C)S(=O)(=O)c2ccc(C)cc2)c(N[C@@H](Cc2ccc(OC(=O)N3CCCC3)cc2)C(=O)O)n1. The third-order valence-corrected chi connectivity index (χ3v) is 9.15. The number of aromatic nitrogens is 2. The van der Waals surface area contributed by atoms with Crippen LogP contribution in [0.2, 0.25) is 0 Å². The second kappa shape index (κ2) is 13.7. The molecule has 2 aromatic carbocycles. The summed E-state index contributed by atoms with van der Waals surface area (Å²) in [5, 5.41) is 13.1. The highest BCUT2D eigenvalue weighted by Gasteiger charge is 2.28. The summed E-state index contributed by atoms with van der Waals surface area (Å²) in [7, 11) is -2.62. The van der Waals surface area contributed by atoms with E-state index < -0.39 is 28.1 Å². The Morgan fingerprint density at radius 1 is 1.05 bits per heavy atom.